The maximum atomic E-state index is 14.9. The minimum Gasteiger partial charge on any atom is -0.307 e. The van der Waals surface area contributed by atoms with E-state index in [9.17, 15) is 31.6 Å². The van der Waals surface area contributed by atoms with Crippen LogP contribution >= 0.6 is 22.7 Å². The van der Waals surface area contributed by atoms with Gasteiger partial charge in [-0.15, -0.1) is 22.7 Å². The Bertz CT molecular complexity index is 5370. The fourth-order valence-electron chi connectivity index (χ4n) is 13.2. The first-order valence-corrected chi connectivity index (χ1v) is 28.1. The molecule has 0 fully saturated rings. The summed E-state index contributed by atoms with van der Waals surface area (Å²) in [5.74, 6) is 0. The molecule has 82 heavy (non-hydrogen) atoms. The predicted octanol–water partition coefficient (Wildman–Crippen LogP) is 20.7. The number of rotatable bonds is 4. The zero-order chi connectivity index (χ0) is 55.1. The SMILES string of the molecule is N#Cc1c(-n2c3ccccc3c3cc4c(cc32)sc2ccccc24)c(-n2c3ccccc3c3cc(C(F)(F)F)ccc32)cc(-n2c3ccccc3c3cc(C(F)(F)F)ccc32)c1-n1c2ccccc2c2cc3c(cc21)sc1ccccc13. The molecule has 6 aromatic heterocycles. The van der Waals surface area contributed by atoms with Gasteiger partial charge in [-0.1, -0.05) is 109 Å². The van der Waals surface area contributed by atoms with E-state index < -0.39 is 23.5 Å². The van der Waals surface area contributed by atoms with Gasteiger partial charge in [0.1, 0.15) is 11.6 Å². The van der Waals surface area contributed by atoms with Crippen molar-refractivity contribution in [3.05, 3.63) is 229 Å². The minimum atomic E-state index is -4.65. The number of nitrogens with zero attached hydrogens (tertiary/aromatic N) is 5. The molecular formula is C69H35F6N5S2. The maximum absolute atomic E-state index is 14.9. The topological polar surface area (TPSA) is 43.5 Å². The van der Waals surface area contributed by atoms with Gasteiger partial charge >= 0.3 is 12.4 Å². The molecule has 17 aromatic rings. The summed E-state index contributed by atoms with van der Waals surface area (Å²) in [6.45, 7) is 0. The van der Waals surface area contributed by atoms with E-state index in [2.05, 4.69) is 75.9 Å². The van der Waals surface area contributed by atoms with E-state index in [-0.39, 0.29) is 5.56 Å². The Morgan fingerprint density at radius 3 is 1.00 bits per heavy atom. The molecular weight excluding hydrogens is 1080 g/mol. The van der Waals surface area contributed by atoms with Gasteiger partial charge in [0.15, 0.2) is 0 Å². The zero-order valence-electron chi connectivity index (χ0n) is 42.5. The molecule has 0 aliphatic rings. The van der Waals surface area contributed by atoms with Crippen LogP contribution in [0.3, 0.4) is 0 Å². The molecule has 13 heteroatoms. The molecule has 0 amide bonds. The predicted molar refractivity (Wildman–Crippen MR) is 324 cm³/mol. The van der Waals surface area contributed by atoms with E-state index in [0.29, 0.717) is 66.4 Å². The highest BCUT2D eigenvalue weighted by Crippen LogP contribution is 2.50. The van der Waals surface area contributed by atoms with Gasteiger partial charge in [0.2, 0.25) is 0 Å². The number of halogens is 6. The van der Waals surface area contributed by atoms with Gasteiger partial charge in [-0.05, 0) is 103 Å². The third kappa shape index (κ3) is 6.44. The first-order chi connectivity index (χ1) is 39.9. The Morgan fingerprint density at radius 2 is 0.622 bits per heavy atom. The Morgan fingerprint density at radius 1 is 0.293 bits per heavy atom. The minimum absolute atomic E-state index is 0.210. The van der Waals surface area contributed by atoms with Crippen molar-refractivity contribution in [1.82, 2.24) is 18.3 Å². The van der Waals surface area contributed by atoms with Crippen LogP contribution in [0.2, 0.25) is 0 Å². The summed E-state index contributed by atoms with van der Waals surface area (Å²) in [5.41, 5.74) is 5.59. The van der Waals surface area contributed by atoms with E-state index in [0.717, 1.165) is 96.1 Å². The van der Waals surface area contributed by atoms with Gasteiger partial charge in [0.05, 0.1) is 78.0 Å². The van der Waals surface area contributed by atoms with Gasteiger partial charge in [-0.25, -0.2) is 0 Å². The van der Waals surface area contributed by atoms with Crippen molar-refractivity contribution in [3.63, 3.8) is 0 Å². The van der Waals surface area contributed by atoms with Crippen molar-refractivity contribution in [2.24, 2.45) is 0 Å². The first kappa shape index (κ1) is 47.0. The van der Waals surface area contributed by atoms with E-state index in [1.165, 1.54) is 24.3 Å². The van der Waals surface area contributed by atoms with Crippen LogP contribution in [0.15, 0.2) is 212 Å². The number of fused-ring (bicyclic) bond motifs is 18. The third-order valence-corrected chi connectivity index (χ3v) is 18.9. The average molecular weight is 1110 g/mol. The number of hydrogen-bond acceptors (Lipinski definition) is 3. The number of thiophene rings is 2. The van der Waals surface area contributed by atoms with E-state index in [1.807, 2.05) is 112 Å². The molecule has 0 radical (unpaired) electrons. The van der Waals surface area contributed by atoms with Crippen LogP contribution in [0.4, 0.5) is 26.3 Å². The zero-order valence-corrected chi connectivity index (χ0v) is 44.2. The Balaban J connectivity index is 1.14. The summed E-state index contributed by atoms with van der Waals surface area (Å²) in [6, 6.07) is 68.5. The lowest BCUT2D eigenvalue weighted by molar-refractivity contribution is -0.138. The van der Waals surface area contributed by atoms with Crippen molar-refractivity contribution >= 4 is 150 Å². The number of aromatic nitrogens is 4. The lowest BCUT2D eigenvalue weighted by Crippen LogP contribution is -2.14. The largest absolute Gasteiger partial charge is 0.416 e. The summed E-state index contributed by atoms with van der Waals surface area (Å²) < 4.78 is 102. The van der Waals surface area contributed by atoms with Crippen LogP contribution in [-0.4, -0.2) is 18.3 Å². The quantitative estimate of drug-likeness (QED) is 0.162. The fourth-order valence-corrected chi connectivity index (χ4v) is 15.5. The molecule has 0 aliphatic heterocycles. The van der Waals surface area contributed by atoms with Crippen LogP contribution in [0.1, 0.15) is 16.7 Å². The Labute approximate surface area is 467 Å². The fraction of sp³-hybridized carbons (Fsp3) is 0.0290. The van der Waals surface area contributed by atoms with Crippen molar-refractivity contribution in [1.29, 1.82) is 5.26 Å². The molecule has 0 saturated heterocycles. The van der Waals surface area contributed by atoms with Crippen LogP contribution in [0.25, 0.3) is 150 Å². The van der Waals surface area contributed by atoms with E-state index in [1.54, 1.807) is 34.8 Å². The highest BCUT2D eigenvalue weighted by atomic mass is 32.1. The van der Waals surface area contributed by atoms with Crippen LogP contribution in [0.5, 0.6) is 0 Å². The molecule has 0 spiro atoms. The monoisotopic (exact) mass is 1110 g/mol. The number of benzene rings is 11. The lowest BCUT2D eigenvalue weighted by Gasteiger charge is -2.25. The Hall–Kier alpha value is -9.87. The molecule has 11 aromatic carbocycles. The standard InChI is InChI=1S/C69H35F6N5S2/c70-68(71,72)37-25-27-56-45(29-37)39-13-1-7-19-52(39)77(56)60-33-61(78-53-20-8-2-14-40(53)46-30-38(69(73,74)75)26-28-57(46)78)67(80-55-22-10-4-16-42(55)48-32-50-44-18-6-12-24-63(44)82-65(50)35-59(48)80)51(36-76)66(60)79-54-21-9-3-15-41(54)47-31-49-43-17-5-11-23-62(43)81-64(49)34-58(47)79/h1-35H. The molecule has 0 bridgehead atoms. The molecule has 390 valence electrons. The molecule has 17 rings (SSSR count). The molecule has 5 nitrogen and oxygen atoms in total. The van der Waals surface area contributed by atoms with Gasteiger partial charge in [0.25, 0.3) is 0 Å². The van der Waals surface area contributed by atoms with Crippen LogP contribution in [-0.2, 0) is 12.4 Å². The first-order valence-electron chi connectivity index (χ1n) is 26.4. The molecule has 6 heterocycles. The highest BCUT2D eigenvalue weighted by Gasteiger charge is 2.35. The van der Waals surface area contributed by atoms with Crippen molar-refractivity contribution < 1.29 is 26.3 Å². The van der Waals surface area contributed by atoms with E-state index in [4.69, 9.17) is 0 Å². The van der Waals surface area contributed by atoms with Gasteiger partial charge < -0.3 is 18.3 Å². The van der Waals surface area contributed by atoms with Crippen molar-refractivity contribution in [2.45, 2.75) is 12.4 Å². The molecule has 0 unspecified atom stereocenters. The highest BCUT2D eigenvalue weighted by molar-refractivity contribution is 7.26. The molecule has 0 saturated carbocycles. The molecule has 0 atom stereocenters. The van der Waals surface area contributed by atoms with E-state index >= 15 is 0 Å². The third-order valence-electron chi connectivity index (χ3n) is 16.6. The van der Waals surface area contributed by atoms with Crippen molar-refractivity contribution in [3.8, 4) is 28.8 Å². The van der Waals surface area contributed by atoms with Crippen LogP contribution in [0, 0.1) is 11.3 Å². The number of nitriles is 1. The number of para-hydroxylation sites is 4. The smallest absolute Gasteiger partial charge is 0.307 e. The second-order valence-electron chi connectivity index (χ2n) is 20.9. The normalized spacial score (nSPS) is 12.7. The second-order valence-corrected chi connectivity index (χ2v) is 23.1. The Kier molecular flexibility index (Phi) is 9.52. The summed E-state index contributed by atoms with van der Waals surface area (Å²) in [7, 11) is 0. The summed E-state index contributed by atoms with van der Waals surface area (Å²) in [6.07, 6.45) is -9.31. The second kappa shape index (κ2) is 16.6. The van der Waals surface area contributed by atoms with Gasteiger partial charge in [0, 0.05) is 83.4 Å². The number of alkyl halides is 6. The van der Waals surface area contributed by atoms with Gasteiger partial charge in [-0.3, -0.25) is 0 Å². The molecule has 0 aliphatic carbocycles. The summed E-state index contributed by atoms with van der Waals surface area (Å²) in [5, 5.41) is 22.6. The maximum Gasteiger partial charge on any atom is 0.416 e. The average Bonchev–Trinajstić information content (AvgIpc) is 2.55. The summed E-state index contributed by atoms with van der Waals surface area (Å²) >= 11 is 3.34. The number of hydrogen-bond donors (Lipinski definition) is 0. The molecule has 0 N–H and O–H groups in total. The van der Waals surface area contributed by atoms with Gasteiger partial charge in [-0.2, -0.15) is 31.6 Å². The van der Waals surface area contributed by atoms with Crippen LogP contribution < -0.4 is 0 Å². The summed E-state index contributed by atoms with van der Waals surface area (Å²) in [4.78, 5) is 0. The lowest BCUT2D eigenvalue weighted by atomic mass is 10.0. The van der Waals surface area contributed by atoms with Crippen molar-refractivity contribution in [2.75, 3.05) is 0 Å².